The number of benzene rings is 2. The number of rotatable bonds is 6. The third-order valence-electron chi connectivity index (χ3n) is 3.46. The van der Waals surface area contributed by atoms with Gasteiger partial charge in [0, 0.05) is 4.88 Å². The molecule has 0 radical (unpaired) electrons. The minimum absolute atomic E-state index is 0.0849. The third kappa shape index (κ3) is 4.16. The fourth-order valence-corrected chi connectivity index (χ4v) is 3.32. The van der Waals surface area contributed by atoms with E-state index in [0.29, 0.717) is 10.8 Å². The number of thiophene rings is 1. The Labute approximate surface area is 149 Å². The van der Waals surface area contributed by atoms with Crippen LogP contribution in [0.1, 0.15) is 16.5 Å². The van der Waals surface area contributed by atoms with E-state index in [0.717, 1.165) is 10.4 Å². The van der Waals surface area contributed by atoms with Crippen molar-refractivity contribution in [2.45, 2.75) is 6.04 Å². The first kappa shape index (κ1) is 16.6. The Balaban J connectivity index is 1.69. The summed E-state index contributed by atoms with van der Waals surface area (Å²) in [6, 6.07) is 20.8. The van der Waals surface area contributed by atoms with E-state index >= 15 is 0 Å². The van der Waals surface area contributed by atoms with E-state index in [1.165, 1.54) is 0 Å². The van der Waals surface area contributed by atoms with Gasteiger partial charge in [-0.3, -0.25) is 4.79 Å². The highest BCUT2D eigenvalue weighted by Crippen LogP contribution is 2.26. The lowest BCUT2D eigenvalue weighted by Crippen LogP contribution is -2.32. The van der Waals surface area contributed by atoms with Crippen molar-refractivity contribution in [3.8, 4) is 5.75 Å². The molecule has 0 aliphatic carbocycles. The van der Waals surface area contributed by atoms with Gasteiger partial charge in [0.15, 0.2) is 6.61 Å². The highest BCUT2D eigenvalue weighted by molar-refractivity contribution is 7.10. The Kier molecular flexibility index (Phi) is 5.51. The molecule has 5 heteroatoms. The van der Waals surface area contributed by atoms with Crippen LogP contribution in [0.5, 0.6) is 5.75 Å². The molecule has 1 amide bonds. The maximum absolute atomic E-state index is 12.3. The Morgan fingerprint density at radius 2 is 1.79 bits per heavy atom. The third-order valence-corrected chi connectivity index (χ3v) is 4.71. The number of halogens is 1. The van der Waals surface area contributed by atoms with E-state index in [1.807, 2.05) is 60.0 Å². The Bertz CT molecular complexity index is 790. The number of amides is 1. The topological polar surface area (TPSA) is 38.3 Å². The average Bonchev–Trinajstić information content (AvgIpc) is 3.14. The molecule has 0 unspecified atom stereocenters. The summed E-state index contributed by atoms with van der Waals surface area (Å²) in [5.74, 6) is 0.305. The molecule has 2 aromatic carbocycles. The Morgan fingerprint density at radius 3 is 2.50 bits per heavy atom. The zero-order chi connectivity index (χ0) is 16.8. The van der Waals surface area contributed by atoms with Crippen LogP contribution in [0.15, 0.2) is 72.1 Å². The van der Waals surface area contributed by atoms with Gasteiger partial charge in [0.1, 0.15) is 5.75 Å². The summed E-state index contributed by atoms with van der Waals surface area (Å²) in [7, 11) is 0. The number of para-hydroxylation sites is 1. The van der Waals surface area contributed by atoms with Gasteiger partial charge in [0.05, 0.1) is 11.1 Å². The van der Waals surface area contributed by atoms with Crippen LogP contribution in [0, 0.1) is 0 Å². The second-order valence-corrected chi connectivity index (χ2v) is 6.53. The predicted octanol–water partition coefficient (Wildman–Crippen LogP) is 4.69. The van der Waals surface area contributed by atoms with Crippen molar-refractivity contribution >= 4 is 28.8 Å². The van der Waals surface area contributed by atoms with Gasteiger partial charge in [-0.1, -0.05) is 60.1 Å². The largest absolute Gasteiger partial charge is 0.482 e. The lowest BCUT2D eigenvalue weighted by molar-refractivity contribution is -0.123. The zero-order valence-corrected chi connectivity index (χ0v) is 14.4. The molecule has 0 saturated carbocycles. The van der Waals surface area contributed by atoms with Gasteiger partial charge < -0.3 is 10.1 Å². The summed E-state index contributed by atoms with van der Waals surface area (Å²) in [5, 5.41) is 5.52. The van der Waals surface area contributed by atoms with Crippen LogP contribution in [-0.2, 0) is 4.79 Å². The number of nitrogens with one attached hydrogen (secondary N) is 1. The fourth-order valence-electron chi connectivity index (χ4n) is 2.33. The fraction of sp³-hybridized carbons (Fsp3) is 0.105. The van der Waals surface area contributed by atoms with Crippen LogP contribution in [0.25, 0.3) is 0 Å². The van der Waals surface area contributed by atoms with Gasteiger partial charge in [0.25, 0.3) is 5.91 Å². The van der Waals surface area contributed by atoms with Crippen molar-refractivity contribution in [1.82, 2.24) is 5.32 Å². The van der Waals surface area contributed by atoms with Crippen LogP contribution in [0.4, 0.5) is 0 Å². The Hall–Kier alpha value is -2.30. The summed E-state index contributed by atoms with van der Waals surface area (Å²) in [4.78, 5) is 13.4. The van der Waals surface area contributed by atoms with E-state index in [2.05, 4.69) is 5.32 Å². The maximum atomic E-state index is 12.3. The maximum Gasteiger partial charge on any atom is 0.258 e. The molecule has 24 heavy (non-hydrogen) atoms. The lowest BCUT2D eigenvalue weighted by Gasteiger charge is -2.18. The minimum atomic E-state index is -0.197. The molecule has 1 heterocycles. The second-order valence-electron chi connectivity index (χ2n) is 5.15. The minimum Gasteiger partial charge on any atom is -0.482 e. The smallest absolute Gasteiger partial charge is 0.258 e. The van der Waals surface area contributed by atoms with Crippen LogP contribution in [-0.4, -0.2) is 12.5 Å². The quantitative estimate of drug-likeness (QED) is 0.695. The lowest BCUT2D eigenvalue weighted by atomic mass is 10.1. The molecule has 1 N–H and O–H groups in total. The molecule has 0 bridgehead atoms. The summed E-state index contributed by atoms with van der Waals surface area (Å²) in [6.45, 7) is -0.0849. The van der Waals surface area contributed by atoms with Crippen LogP contribution in [0.3, 0.4) is 0 Å². The van der Waals surface area contributed by atoms with E-state index in [-0.39, 0.29) is 18.6 Å². The first-order valence-electron chi connectivity index (χ1n) is 7.49. The highest BCUT2D eigenvalue weighted by atomic mass is 35.5. The molecule has 3 nitrogen and oxygen atoms in total. The molecule has 0 aliphatic heterocycles. The molecule has 122 valence electrons. The molecule has 3 aromatic rings. The predicted molar refractivity (Wildman–Crippen MR) is 97.7 cm³/mol. The SMILES string of the molecule is O=C(COc1ccccc1Cl)N[C@H](c1ccccc1)c1cccs1. The van der Waals surface area contributed by atoms with Gasteiger partial charge in [-0.15, -0.1) is 11.3 Å². The van der Waals surface area contributed by atoms with Crippen LogP contribution in [0.2, 0.25) is 5.02 Å². The number of carbonyl (C=O) groups excluding carboxylic acids is 1. The molecule has 0 spiro atoms. The zero-order valence-electron chi connectivity index (χ0n) is 12.8. The molecule has 3 rings (SSSR count). The van der Waals surface area contributed by atoms with Gasteiger partial charge in [-0.05, 0) is 29.1 Å². The van der Waals surface area contributed by atoms with Crippen molar-refractivity contribution < 1.29 is 9.53 Å². The summed E-state index contributed by atoms with van der Waals surface area (Å²) in [5.41, 5.74) is 1.03. The molecular formula is C19H16ClNO2S. The summed E-state index contributed by atoms with van der Waals surface area (Å²) >= 11 is 7.64. The van der Waals surface area contributed by atoms with Crippen LogP contribution < -0.4 is 10.1 Å². The highest BCUT2D eigenvalue weighted by Gasteiger charge is 2.18. The van der Waals surface area contributed by atoms with E-state index in [1.54, 1.807) is 23.5 Å². The van der Waals surface area contributed by atoms with Gasteiger partial charge in [0.2, 0.25) is 0 Å². The first-order chi connectivity index (χ1) is 11.7. The number of hydrogen-bond donors (Lipinski definition) is 1. The summed E-state index contributed by atoms with van der Waals surface area (Å²) < 4.78 is 5.51. The van der Waals surface area contributed by atoms with Crippen molar-refractivity contribution in [3.63, 3.8) is 0 Å². The van der Waals surface area contributed by atoms with Crippen molar-refractivity contribution in [2.24, 2.45) is 0 Å². The number of carbonyl (C=O) groups is 1. The van der Waals surface area contributed by atoms with Crippen LogP contribution >= 0.6 is 22.9 Å². The standard InChI is InChI=1S/C19H16ClNO2S/c20-15-9-4-5-10-16(15)23-13-18(22)21-19(17-11-6-12-24-17)14-7-2-1-3-8-14/h1-12,19H,13H2,(H,21,22)/t19-/m1/s1. The average molecular weight is 358 g/mol. The van der Waals surface area contributed by atoms with Crippen molar-refractivity contribution in [2.75, 3.05) is 6.61 Å². The van der Waals surface area contributed by atoms with Crippen molar-refractivity contribution in [3.05, 3.63) is 87.6 Å². The van der Waals surface area contributed by atoms with Gasteiger partial charge in [-0.2, -0.15) is 0 Å². The monoisotopic (exact) mass is 357 g/mol. The molecule has 0 saturated heterocycles. The molecule has 1 aromatic heterocycles. The van der Waals surface area contributed by atoms with Crippen molar-refractivity contribution in [1.29, 1.82) is 0 Å². The first-order valence-corrected chi connectivity index (χ1v) is 8.75. The number of ether oxygens (including phenoxy) is 1. The molecular weight excluding hydrogens is 342 g/mol. The summed E-state index contributed by atoms with van der Waals surface area (Å²) in [6.07, 6.45) is 0. The van der Waals surface area contributed by atoms with Gasteiger partial charge in [-0.25, -0.2) is 0 Å². The Morgan fingerprint density at radius 1 is 1.04 bits per heavy atom. The van der Waals surface area contributed by atoms with E-state index < -0.39 is 0 Å². The molecule has 0 fully saturated rings. The van der Waals surface area contributed by atoms with E-state index in [4.69, 9.17) is 16.3 Å². The van der Waals surface area contributed by atoms with E-state index in [9.17, 15) is 4.79 Å². The molecule has 0 aliphatic rings. The van der Waals surface area contributed by atoms with Gasteiger partial charge >= 0.3 is 0 Å². The second kappa shape index (κ2) is 7.99. The molecule has 1 atom stereocenters. The normalized spacial score (nSPS) is 11.7. The number of hydrogen-bond acceptors (Lipinski definition) is 3.